The van der Waals surface area contributed by atoms with Gasteiger partial charge >= 0.3 is 0 Å². The number of benzene rings is 2. The van der Waals surface area contributed by atoms with Crippen molar-refractivity contribution >= 4 is 28.5 Å². The normalized spacial score (nSPS) is 16.1. The third-order valence-corrected chi connectivity index (χ3v) is 5.47. The van der Waals surface area contributed by atoms with Gasteiger partial charge in [-0.25, -0.2) is 4.98 Å². The van der Waals surface area contributed by atoms with Gasteiger partial charge < -0.3 is 14.8 Å². The van der Waals surface area contributed by atoms with Crippen LogP contribution in [0.5, 0.6) is 0 Å². The van der Waals surface area contributed by atoms with Gasteiger partial charge in [0.05, 0.1) is 17.4 Å². The van der Waals surface area contributed by atoms with E-state index in [2.05, 4.69) is 10.3 Å². The highest BCUT2D eigenvalue weighted by Gasteiger charge is 2.30. The summed E-state index contributed by atoms with van der Waals surface area (Å²) in [6.45, 7) is 3.11. The van der Waals surface area contributed by atoms with Gasteiger partial charge in [0, 0.05) is 24.7 Å². The number of amides is 2. The minimum Gasteiger partial charge on any atom is -0.341 e. The van der Waals surface area contributed by atoms with Crippen LogP contribution in [-0.2, 0) is 9.59 Å². The number of fused-ring (bicyclic) bond motifs is 1. The number of carbonyl (C=O) groups is 2. The van der Waals surface area contributed by atoms with Crippen molar-refractivity contribution in [3.8, 4) is 0 Å². The third-order valence-electron chi connectivity index (χ3n) is 5.47. The molecule has 28 heavy (non-hydrogen) atoms. The summed E-state index contributed by atoms with van der Waals surface area (Å²) in [6.07, 6.45) is 3.09. The summed E-state index contributed by atoms with van der Waals surface area (Å²) in [7, 11) is 0. The smallest absolute Gasteiger partial charge is 0.245 e. The predicted octanol–water partition coefficient (Wildman–Crippen LogP) is 3.47. The number of aromatic nitrogens is 2. The van der Waals surface area contributed by atoms with Crippen molar-refractivity contribution in [1.29, 1.82) is 0 Å². The predicted molar refractivity (Wildman–Crippen MR) is 109 cm³/mol. The molecule has 144 valence electrons. The number of carbonyl (C=O) groups excluding carboxylic acids is 2. The average molecular weight is 376 g/mol. The number of nitrogens with one attached hydrogen (secondary N) is 1. The maximum Gasteiger partial charge on any atom is 0.245 e. The second kappa shape index (κ2) is 7.84. The minimum absolute atomic E-state index is 0.0342. The van der Waals surface area contributed by atoms with Crippen LogP contribution >= 0.6 is 0 Å². The van der Waals surface area contributed by atoms with Gasteiger partial charge in [-0.15, -0.1) is 0 Å². The van der Waals surface area contributed by atoms with Crippen molar-refractivity contribution in [3.63, 3.8) is 0 Å². The highest BCUT2D eigenvalue weighted by Crippen LogP contribution is 2.24. The zero-order valence-electron chi connectivity index (χ0n) is 15.9. The zero-order valence-corrected chi connectivity index (χ0v) is 15.9. The van der Waals surface area contributed by atoms with E-state index in [1.54, 1.807) is 6.33 Å². The molecule has 3 aromatic rings. The summed E-state index contributed by atoms with van der Waals surface area (Å²) in [4.78, 5) is 31.7. The molecular weight excluding hydrogens is 352 g/mol. The summed E-state index contributed by atoms with van der Waals surface area (Å²) in [5.74, 6) is 0.0469. The van der Waals surface area contributed by atoms with Gasteiger partial charge in [-0.05, 0) is 44.0 Å². The number of nitrogens with zero attached hydrogens (tertiary/aromatic N) is 3. The van der Waals surface area contributed by atoms with Gasteiger partial charge in [0.25, 0.3) is 0 Å². The van der Waals surface area contributed by atoms with Gasteiger partial charge in [-0.1, -0.05) is 30.3 Å². The van der Waals surface area contributed by atoms with E-state index in [0.29, 0.717) is 25.9 Å². The topological polar surface area (TPSA) is 67.2 Å². The molecule has 1 aliphatic rings. The quantitative estimate of drug-likeness (QED) is 0.758. The molecule has 1 N–H and O–H groups in total. The molecule has 1 saturated heterocycles. The Labute approximate surface area is 164 Å². The molecule has 0 saturated carbocycles. The van der Waals surface area contributed by atoms with E-state index >= 15 is 0 Å². The first kappa shape index (κ1) is 18.2. The minimum atomic E-state index is -0.318. The van der Waals surface area contributed by atoms with Crippen LogP contribution in [0.2, 0.25) is 0 Å². The Morgan fingerprint density at radius 2 is 1.71 bits per heavy atom. The maximum atomic E-state index is 13.0. The largest absolute Gasteiger partial charge is 0.341 e. The standard InChI is InChI=1S/C22H24N4O2/c1-16(26-15-23-19-9-5-6-10-20(19)26)22(28)25-13-11-17(12-14-25)21(27)24-18-7-3-2-4-8-18/h2-10,15-17H,11-14H2,1H3,(H,24,27). The number of likely N-dealkylation sites (tertiary alicyclic amines) is 1. The molecule has 1 aliphatic heterocycles. The molecule has 2 amide bonds. The Balaban J connectivity index is 1.36. The van der Waals surface area contributed by atoms with E-state index in [1.165, 1.54) is 0 Å². The van der Waals surface area contributed by atoms with Crippen LogP contribution in [0.15, 0.2) is 60.9 Å². The van der Waals surface area contributed by atoms with Gasteiger partial charge in [-0.3, -0.25) is 9.59 Å². The molecule has 6 heteroatoms. The fourth-order valence-electron chi connectivity index (χ4n) is 3.80. The lowest BCUT2D eigenvalue weighted by Crippen LogP contribution is -2.43. The molecule has 1 fully saturated rings. The molecule has 0 aliphatic carbocycles. The Morgan fingerprint density at radius 1 is 1.04 bits per heavy atom. The molecule has 4 rings (SSSR count). The molecule has 0 bridgehead atoms. The Kier molecular flexibility index (Phi) is 5.10. The van der Waals surface area contributed by atoms with Gasteiger partial charge in [0.2, 0.25) is 11.8 Å². The van der Waals surface area contributed by atoms with E-state index in [1.807, 2.05) is 71.0 Å². The molecular formula is C22H24N4O2. The fourth-order valence-corrected chi connectivity index (χ4v) is 3.80. The van der Waals surface area contributed by atoms with E-state index in [4.69, 9.17) is 0 Å². The molecule has 0 spiro atoms. The summed E-state index contributed by atoms with van der Waals surface area (Å²) in [6, 6.07) is 17.0. The number of anilines is 1. The first-order valence-corrected chi connectivity index (χ1v) is 9.70. The summed E-state index contributed by atoms with van der Waals surface area (Å²) >= 11 is 0. The Morgan fingerprint density at radius 3 is 2.46 bits per heavy atom. The van der Waals surface area contributed by atoms with Crippen molar-refractivity contribution in [2.24, 2.45) is 5.92 Å². The van der Waals surface area contributed by atoms with Gasteiger partial charge in [0.15, 0.2) is 0 Å². The summed E-state index contributed by atoms with van der Waals surface area (Å²) < 4.78 is 1.92. The molecule has 1 unspecified atom stereocenters. The lowest BCUT2D eigenvalue weighted by molar-refractivity contribution is -0.137. The molecule has 1 aromatic heterocycles. The first-order chi connectivity index (χ1) is 13.6. The van der Waals surface area contributed by atoms with Crippen LogP contribution in [0, 0.1) is 5.92 Å². The maximum absolute atomic E-state index is 13.0. The van der Waals surface area contributed by atoms with E-state index in [0.717, 1.165) is 16.7 Å². The first-order valence-electron chi connectivity index (χ1n) is 9.70. The highest BCUT2D eigenvalue weighted by atomic mass is 16.2. The number of para-hydroxylation sites is 3. The lowest BCUT2D eigenvalue weighted by atomic mass is 9.95. The van der Waals surface area contributed by atoms with Crippen molar-refractivity contribution in [1.82, 2.24) is 14.5 Å². The number of imidazole rings is 1. The monoisotopic (exact) mass is 376 g/mol. The molecule has 6 nitrogen and oxygen atoms in total. The van der Waals surface area contributed by atoms with Crippen molar-refractivity contribution in [2.45, 2.75) is 25.8 Å². The van der Waals surface area contributed by atoms with Crippen molar-refractivity contribution in [2.75, 3.05) is 18.4 Å². The third kappa shape index (κ3) is 3.63. The summed E-state index contributed by atoms with van der Waals surface area (Å²) in [5.41, 5.74) is 2.66. The van der Waals surface area contributed by atoms with Gasteiger partial charge in [-0.2, -0.15) is 0 Å². The number of hydrogen-bond acceptors (Lipinski definition) is 3. The van der Waals surface area contributed by atoms with Crippen LogP contribution in [0.25, 0.3) is 11.0 Å². The summed E-state index contributed by atoms with van der Waals surface area (Å²) in [5, 5.41) is 2.97. The highest BCUT2D eigenvalue weighted by molar-refractivity contribution is 5.92. The lowest BCUT2D eigenvalue weighted by Gasteiger charge is -2.33. The van der Waals surface area contributed by atoms with E-state index in [9.17, 15) is 9.59 Å². The van der Waals surface area contributed by atoms with Crippen LogP contribution in [0.3, 0.4) is 0 Å². The molecule has 2 heterocycles. The second-order valence-electron chi connectivity index (χ2n) is 7.27. The van der Waals surface area contributed by atoms with Crippen LogP contribution in [0.1, 0.15) is 25.8 Å². The number of hydrogen-bond donors (Lipinski definition) is 1. The second-order valence-corrected chi connectivity index (χ2v) is 7.27. The van der Waals surface area contributed by atoms with Crippen LogP contribution in [0.4, 0.5) is 5.69 Å². The van der Waals surface area contributed by atoms with Crippen molar-refractivity contribution in [3.05, 3.63) is 60.9 Å². The number of piperidine rings is 1. The van der Waals surface area contributed by atoms with E-state index < -0.39 is 0 Å². The molecule has 1 atom stereocenters. The SMILES string of the molecule is CC(C(=O)N1CCC(C(=O)Nc2ccccc2)CC1)n1cnc2ccccc21. The van der Waals surface area contributed by atoms with Gasteiger partial charge in [0.1, 0.15) is 6.04 Å². The fraction of sp³-hybridized carbons (Fsp3) is 0.318. The van der Waals surface area contributed by atoms with Crippen molar-refractivity contribution < 1.29 is 9.59 Å². The van der Waals surface area contributed by atoms with Crippen LogP contribution in [-0.4, -0.2) is 39.4 Å². The van der Waals surface area contributed by atoms with E-state index in [-0.39, 0.29) is 23.8 Å². The zero-order chi connectivity index (χ0) is 19.5. The Bertz CT molecular complexity index is 974. The molecule has 0 radical (unpaired) electrons. The molecule has 2 aromatic carbocycles. The Hall–Kier alpha value is -3.15. The number of rotatable bonds is 4. The average Bonchev–Trinajstić information content (AvgIpc) is 3.17. The van der Waals surface area contributed by atoms with Crippen LogP contribution < -0.4 is 5.32 Å².